The van der Waals surface area contributed by atoms with Crippen LogP contribution in [0.1, 0.15) is 92.9 Å². The highest BCUT2D eigenvalue weighted by Gasteiger charge is 2.23. The van der Waals surface area contributed by atoms with E-state index in [1.165, 1.54) is 57.8 Å². The van der Waals surface area contributed by atoms with E-state index in [4.69, 9.17) is 0 Å². The topological polar surface area (TPSA) is 0 Å². The minimum absolute atomic E-state index is 0. The lowest BCUT2D eigenvalue weighted by molar-refractivity contribution is 0.235. The van der Waals surface area contributed by atoms with Gasteiger partial charge in [0.2, 0.25) is 0 Å². The molecule has 0 saturated heterocycles. The molecule has 0 nitrogen and oxygen atoms in total. The van der Waals surface area contributed by atoms with Crippen molar-refractivity contribution in [1.29, 1.82) is 0 Å². The molecule has 0 aromatic heterocycles. The fourth-order valence-corrected chi connectivity index (χ4v) is 3.84. The van der Waals surface area contributed by atoms with Gasteiger partial charge in [0.05, 0.1) is 0 Å². The van der Waals surface area contributed by atoms with Gasteiger partial charge in [-0.05, 0) is 30.1 Å². The summed E-state index contributed by atoms with van der Waals surface area (Å²) in [6, 6.07) is 0. The van der Waals surface area contributed by atoms with E-state index in [-0.39, 0.29) is 14.9 Å². The lowest BCUT2D eigenvalue weighted by atomic mass is 9.77. The van der Waals surface area contributed by atoms with E-state index in [1.54, 1.807) is 6.42 Å². The number of hydrogen-bond acceptors (Lipinski definition) is 0. The molecule has 0 aromatic rings. The number of rotatable bonds is 2. The van der Waals surface area contributed by atoms with Crippen molar-refractivity contribution in [2.75, 3.05) is 0 Å². The van der Waals surface area contributed by atoms with E-state index < -0.39 is 0 Å². The van der Waals surface area contributed by atoms with Gasteiger partial charge >= 0.3 is 0 Å². The highest BCUT2D eigenvalue weighted by molar-refractivity contribution is 4.75. The van der Waals surface area contributed by atoms with E-state index in [1.807, 2.05) is 0 Å². The van der Waals surface area contributed by atoms with E-state index in [0.29, 0.717) is 0 Å². The Labute approximate surface area is 117 Å². The van der Waals surface area contributed by atoms with Gasteiger partial charge in [0.15, 0.2) is 0 Å². The molecule has 2 aliphatic rings. The minimum atomic E-state index is 0. The molecule has 18 heavy (non-hydrogen) atoms. The molecule has 2 atom stereocenters. The molecule has 0 amide bonds. The lowest BCUT2D eigenvalue weighted by Gasteiger charge is -2.29. The van der Waals surface area contributed by atoms with Gasteiger partial charge in [0.1, 0.15) is 0 Å². The Hall–Kier alpha value is 0. The summed E-state index contributed by atoms with van der Waals surface area (Å²) in [5.74, 6) is 4.21. The largest absolute Gasteiger partial charge is 0.0776 e. The summed E-state index contributed by atoms with van der Waals surface area (Å²) in [5, 5.41) is 0. The van der Waals surface area contributed by atoms with Crippen molar-refractivity contribution in [2.24, 2.45) is 23.7 Å². The first-order chi connectivity index (χ1) is 7.74. The van der Waals surface area contributed by atoms with Gasteiger partial charge in [0.25, 0.3) is 0 Å². The first-order valence-corrected chi connectivity index (χ1v) is 7.74. The van der Waals surface area contributed by atoms with Crippen molar-refractivity contribution in [2.45, 2.75) is 92.9 Å². The van der Waals surface area contributed by atoms with Gasteiger partial charge in [-0.3, -0.25) is 0 Å². The average Bonchev–Trinajstić information content (AvgIpc) is 2.47. The van der Waals surface area contributed by atoms with Crippen LogP contribution in [0.15, 0.2) is 0 Å². The smallest absolute Gasteiger partial charge is 0.0411 e. The van der Waals surface area contributed by atoms with Crippen LogP contribution in [0.3, 0.4) is 0 Å². The van der Waals surface area contributed by atoms with Gasteiger partial charge in [-0.2, -0.15) is 0 Å². The fraction of sp³-hybridized carbons (Fsp3) is 1.00. The quantitative estimate of drug-likeness (QED) is 0.481. The number of hydrogen-bond donors (Lipinski definition) is 0. The lowest BCUT2D eigenvalue weighted by Crippen LogP contribution is -2.15. The minimum Gasteiger partial charge on any atom is -0.0776 e. The predicted molar refractivity (Wildman–Crippen MR) is 84.9 cm³/mol. The van der Waals surface area contributed by atoms with Crippen molar-refractivity contribution in [3.8, 4) is 0 Å². The summed E-state index contributed by atoms with van der Waals surface area (Å²) >= 11 is 0. The van der Waals surface area contributed by atoms with Crippen molar-refractivity contribution in [3.05, 3.63) is 0 Å². The highest BCUT2D eigenvalue weighted by atomic mass is 14.3. The maximum atomic E-state index is 2.45. The van der Waals surface area contributed by atoms with E-state index in [2.05, 4.69) is 13.8 Å². The molecule has 2 unspecified atom stereocenters. The third-order valence-electron chi connectivity index (χ3n) is 5.18. The molecule has 0 aliphatic heterocycles. The standard InChI is InChI=1S/C16H30.2CH4/c1-13-4-3-5-15(9-6-13)12-16-10-7-14(2)8-11-16;;/h13-16H,3-12H2,1-2H3;2*1H4. The average molecular weight is 255 g/mol. The summed E-state index contributed by atoms with van der Waals surface area (Å²) < 4.78 is 0. The molecule has 2 saturated carbocycles. The molecule has 0 spiro atoms. The van der Waals surface area contributed by atoms with Crippen LogP contribution in [-0.2, 0) is 0 Å². The predicted octanol–water partition coefficient (Wildman–Crippen LogP) is 6.69. The van der Waals surface area contributed by atoms with Gasteiger partial charge in [-0.1, -0.05) is 86.5 Å². The molecule has 0 heteroatoms. The molecule has 2 fully saturated rings. The summed E-state index contributed by atoms with van der Waals surface area (Å²) in [7, 11) is 0. The van der Waals surface area contributed by atoms with Crippen LogP contribution in [-0.4, -0.2) is 0 Å². The van der Waals surface area contributed by atoms with Crippen LogP contribution in [0.5, 0.6) is 0 Å². The summed E-state index contributed by atoms with van der Waals surface area (Å²) in [5.41, 5.74) is 0. The molecule has 2 aliphatic carbocycles. The molecule has 0 radical (unpaired) electrons. The maximum Gasteiger partial charge on any atom is -0.0411 e. The SMILES string of the molecule is C.C.CC1CCCC(CC2CCC(C)CC2)CC1. The monoisotopic (exact) mass is 254 g/mol. The van der Waals surface area contributed by atoms with Gasteiger partial charge in [0, 0.05) is 0 Å². The van der Waals surface area contributed by atoms with Crippen molar-refractivity contribution < 1.29 is 0 Å². The Morgan fingerprint density at radius 2 is 1.06 bits per heavy atom. The fourth-order valence-electron chi connectivity index (χ4n) is 3.84. The molecule has 2 rings (SSSR count). The molecule has 0 aromatic carbocycles. The van der Waals surface area contributed by atoms with Crippen LogP contribution in [0.4, 0.5) is 0 Å². The highest BCUT2D eigenvalue weighted by Crippen LogP contribution is 2.37. The van der Waals surface area contributed by atoms with E-state index in [9.17, 15) is 0 Å². The molecule has 0 heterocycles. The Morgan fingerprint density at radius 3 is 1.61 bits per heavy atom. The maximum absolute atomic E-state index is 2.45. The van der Waals surface area contributed by atoms with E-state index in [0.717, 1.165) is 23.7 Å². The Morgan fingerprint density at radius 1 is 0.611 bits per heavy atom. The van der Waals surface area contributed by atoms with Crippen molar-refractivity contribution in [1.82, 2.24) is 0 Å². The van der Waals surface area contributed by atoms with Crippen LogP contribution in [0.2, 0.25) is 0 Å². The first kappa shape index (κ1) is 18.0. The van der Waals surface area contributed by atoms with Gasteiger partial charge in [-0.25, -0.2) is 0 Å². The zero-order valence-corrected chi connectivity index (χ0v) is 11.4. The van der Waals surface area contributed by atoms with Crippen LogP contribution in [0.25, 0.3) is 0 Å². The summed E-state index contributed by atoms with van der Waals surface area (Å²) in [4.78, 5) is 0. The Bertz CT molecular complexity index is 188. The second kappa shape index (κ2) is 8.99. The molecule has 110 valence electrons. The second-order valence-corrected chi connectivity index (χ2v) is 6.84. The van der Waals surface area contributed by atoms with E-state index >= 15 is 0 Å². The third kappa shape index (κ3) is 5.76. The Balaban J connectivity index is 0.00000144. The first-order valence-electron chi connectivity index (χ1n) is 7.74. The van der Waals surface area contributed by atoms with Gasteiger partial charge < -0.3 is 0 Å². The van der Waals surface area contributed by atoms with Crippen molar-refractivity contribution >= 4 is 0 Å². The second-order valence-electron chi connectivity index (χ2n) is 6.84. The zero-order chi connectivity index (χ0) is 11.4. The zero-order valence-electron chi connectivity index (χ0n) is 11.4. The van der Waals surface area contributed by atoms with Crippen molar-refractivity contribution in [3.63, 3.8) is 0 Å². The normalized spacial score (nSPS) is 37.0. The van der Waals surface area contributed by atoms with Crippen LogP contribution in [0, 0.1) is 23.7 Å². The molecule has 0 bridgehead atoms. The third-order valence-corrected chi connectivity index (χ3v) is 5.18. The molecular formula is C18H38. The van der Waals surface area contributed by atoms with Crippen LogP contribution < -0.4 is 0 Å². The molecule has 0 N–H and O–H groups in total. The van der Waals surface area contributed by atoms with Crippen LogP contribution >= 0.6 is 0 Å². The molecular weight excluding hydrogens is 216 g/mol. The Kier molecular flexibility index (Phi) is 8.99. The summed E-state index contributed by atoms with van der Waals surface area (Å²) in [6.45, 7) is 4.88. The van der Waals surface area contributed by atoms with Gasteiger partial charge in [-0.15, -0.1) is 0 Å². The summed E-state index contributed by atoms with van der Waals surface area (Å²) in [6.07, 6.45) is 15.2.